The van der Waals surface area contributed by atoms with Gasteiger partial charge in [0.25, 0.3) is 11.7 Å². The molecule has 1 amide bonds. The van der Waals surface area contributed by atoms with E-state index in [9.17, 15) is 9.59 Å². The molecular formula is C13H17N5O3. The van der Waals surface area contributed by atoms with E-state index in [2.05, 4.69) is 20.4 Å². The highest BCUT2D eigenvalue weighted by Crippen LogP contribution is 2.05. The van der Waals surface area contributed by atoms with Crippen molar-refractivity contribution in [3.8, 4) is 0 Å². The van der Waals surface area contributed by atoms with Crippen LogP contribution >= 0.6 is 0 Å². The van der Waals surface area contributed by atoms with Gasteiger partial charge in [-0.15, -0.1) is 5.10 Å². The number of hydrogen-bond acceptors (Lipinski definition) is 5. The topological polar surface area (TPSA) is 109 Å². The average molecular weight is 291 g/mol. The molecule has 0 radical (unpaired) electrons. The van der Waals surface area contributed by atoms with Crippen molar-refractivity contribution in [3.63, 3.8) is 0 Å². The minimum atomic E-state index is -0.836. The first-order valence-electron chi connectivity index (χ1n) is 6.65. The fraction of sp³-hybridized carbons (Fsp3) is 0.462. The second kappa shape index (κ2) is 6.29. The Morgan fingerprint density at radius 2 is 2.24 bits per heavy atom. The number of carboxylic acid groups (broad SMARTS) is 1. The molecule has 2 aromatic heterocycles. The highest BCUT2D eigenvalue weighted by atomic mass is 16.4. The van der Waals surface area contributed by atoms with E-state index in [0.717, 1.165) is 5.69 Å². The highest BCUT2D eigenvalue weighted by Gasteiger charge is 2.15. The monoisotopic (exact) mass is 291 g/mol. The Bertz CT molecular complexity index is 667. The second-order valence-electron chi connectivity index (χ2n) is 4.98. The molecule has 2 N–H and O–H groups in total. The Kier molecular flexibility index (Phi) is 4.46. The molecule has 0 aliphatic rings. The van der Waals surface area contributed by atoms with Gasteiger partial charge >= 0.3 is 5.97 Å². The highest BCUT2D eigenvalue weighted by molar-refractivity contribution is 5.90. The zero-order chi connectivity index (χ0) is 15.4. The van der Waals surface area contributed by atoms with Crippen LogP contribution in [0.15, 0.2) is 12.3 Å². The molecule has 0 saturated carbocycles. The number of aliphatic carboxylic acids is 1. The van der Waals surface area contributed by atoms with Crippen molar-refractivity contribution in [2.45, 2.75) is 26.7 Å². The molecule has 8 heteroatoms. The lowest BCUT2D eigenvalue weighted by molar-refractivity contribution is -0.137. The molecule has 0 saturated heterocycles. The predicted octanol–water partition coefficient (Wildman–Crippen LogP) is 0.663. The molecule has 0 aliphatic carbocycles. The van der Waals surface area contributed by atoms with Crippen molar-refractivity contribution >= 4 is 17.7 Å². The van der Waals surface area contributed by atoms with Gasteiger partial charge in [0.15, 0.2) is 0 Å². The lowest BCUT2D eigenvalue weighted by Gasteiger charge is -2.09. The SMILES string of the molecule is Cc1ccnc2nc(C(=O)NCC(C)CCC(=O)O)nn12. The Morgan fingerprint density at radius 3 is 2.90 bits per heavy atom. The summed E-state index contributed by atoms with van der Waals surface area (Å²) in [7, 11) is 0. The Labute approximate surface area is 121 Å². The van der Waals surface area contributed by atoms with Crippen molar-refractivity contribution in [1.29, 1.82) is 0 Å². The summed E-state index contributed by atoms with van der Waals surface area (Å²) in [6.07, 6.45) is 2.21. The van der Waals surface area contributed by atoms with Crippen molar-refractivity contribution in [2.75, 3.05) is 6.54 Å². The number of carboxylic acids is 1. The summed E-state index contributed by atoms with van der Waals surface area (Å²) >= 11 is 0. The van der Waals surface area contributed by atoms with Crippen LogP contribution in [0, 0.1) is 12.8 Å². The Hall–Kier alpha value is -2.51. The molecule has 1 unspecified atom stereocenters. The molecular weight excluding hydrogens is 274 g/mol. The summed E-state index contributed by atoms with van der Waals surface area (Å²) < 4.78 is 1.50. The van der Waals surface area contributed by atoms with Gasteiger partial charge in [-0.25, -0.2) is 9.50 Å². The van der Waals surface area contributed by atoms with Gasteiger partial charge in [0, 0.05) is 24.9 Å². The van der Waals surface area contributed by atoms with Crippen LogP contribution in [0.1, 0.15) is 36.1 Å². The smallest absolute Gasteiger partial charge is 0.303 e. The summed E-state index contributed by atoms with van der Waals surface area (Å²) in [6, 6.07) is 1.78. The van der Waals surface area contributed by atoms with Crippen molar-refractivity contribution in [3.05, 3.63) is 23.8 Å². The normalized spacial score (nSPS) is 12.3. The number of nitrogens with one attached hydrogen (secondary N) is 1. The Balaban J connectivity index is 1.96. The van der Waals surface area contributed by atoms with E-state index in [-0.39, 0.29) is 24.1 Å². The number of nitrogens with zero attached hydrogens (tertiary/aromatic N) is 4. The van der Waals surface area contributed by atoms with Crippen LogP contribution in [0.3, 0.4) is 0 Å². The molecule has 2 rings (SSSR count). The third kappa shape index (κ3) is 3.74. The lowest BCUT2D eigenvalue weighted by Crippen LogP contribution is -2.29. The largest absolute Gasteiger partial charge is 0.481 e. The first-order valence-corrected chi connectivity index (χ1v) is 6.65. The molecule has 0 aromatic carbocycles. The molecule has 0 spiro atoms. The summed E-state index contributed by atoms with van der Waals surface area (Å²) in [5, 5.41) is 15.4. The molecule has 8 nitrogen and oxygen atoms in total. The number of rotatable bonds is 6. The quantitative estimate of drug-likeness (QED) is 0.809. The van der Waals surface area contributed by atoms with Crippen LogP contribution in [0.25, 0.3) is 5.78 Å². The number of fused-ring (bicyclic) bond motifs is 1. The van der Waals surface area contributed by atoms with Gasteiger partial charge < -0.3 is 10.4 Å². The fourth-order valence-corrected chi connectivity index (χ4v) is 1.82. The van der Waals surface area contributed by atoms with E-state index in [1.807, 2.05) is 13.8 Å². The first kappa shape index (κ1) is 14.9. The number of carbonyl (C=O) groups is 2. The fourth-order valence-electron chi connectivity index (χ4n) is 1.82. The minimum Gasteiger partial charge on any atom is -0.481 e. The van der Waals surface area contributed by atoms with E-state index < -0.39 is 5.97 Å². The number of aryl methyl sites for hydroxylation is 1. The molecule has 1 atom stereocenters. The van der Waals surface area contributed by atoms with Crippen LogP contribution in [-0.2, 0) is 4.79 Å². The number of hydrogen-bond donors (Lipinski definition) is 2. The van der Waals surface area contributed by atoms with Gasteiger partial charge in [0.2, 0.25) is 5.82 Å². The van der Waals surface area contributed by atoms with Gasteiger partial charge in [-0.3, -0.25) is 9.59 Å². The van der Waals surface area contributed by atoms with Crippen molar-refractivity contribution in [2.24, 2.45) is 5.92 Å². The third-order valence-corrected chi connectivity index (χ3v) is 3.10. The summed E-state index contributed by atoms with van der Waals surface area (Å²) in [5.74, 6) is -0.720. The van der Waals surface area contributed by atoms with Crippen LogP contribution in [-0.4, -0.2) is 43.1 Å². The van der Waals surface area contributed by atoms with Gasteiger partial charge in [-0.05, 0) is 25.3 Å². The van der Waals surface area contributed by atoms with E-state index in [4.69, 9.17) is 5.11 Å². The second-order valence-corrected chi connectivity index (χ2v) is 4.98. The van der Waals surface area contributed by atoms with E-state index >= 15 is 0 Å². The first-order chi connectivity index (χ1) is 9.97. The van der Waals surface area contributed by atoms with E-state index in [1.54, 1.807) is 12.3 Å². The molecule has 112 valence electrons. The van der Waals surface area contributed by atoms with E-state index in [1.165, 1.54) is 4.52 Å². The summed E-state index contributed by atoms with van der Waals surface area (Å²) in [6.45, 7) is 4.11. The maximum atomic E-state index is 12.0. The molecule has 0 bridgehead atoms. The predicted molar refractivity (Wildman–Crippen MR) is 73.9 cm³/mol. The van der Waals surface area contributed by atoms with Gasteiger partial charge in [0.1, 0.15) is 0 Å². The molecule has 0 aliphatic heterocycles. The van der Waals surface area contributed by atoms with Crippen LogP contribution in [0.4, 0.5) is 0 Å². The standard InChI is InChI=1S/C13H17N5O3/c1-8(3-4-10(19)20)7-15-12(21)11-16-13-14-6-5-9(2)18(13)17-11/h5-6,8H,3-4,7H2,1-2H3,(H,15,21)(H,19,20). The maximum absolute atomic E-state index is 12.0. The summed E-state index contributed by atoms with van der Waals surface area (Å²) in [5.41, 5.74) is 0.835. The average Bonchev–Trinajstić information content (AvgIpc) is 2.88. The van der Waals surface area contributed by atoms with Crippen molar-refractivity contribution < 1.29 is 14.7 Å². The van der Waals surface area contributed by atoms with Gasteiger partial charge in [0.05, 0.1) is 0 Å². The molecule has 0 fully saturated rings. The van der Waals surface area contributed by atoms with Crippen LogP contribution in [0.5, 0.6) is 0 Å². The maximum Gasteiger partial charge on any atom is 0.303 e. The lowest BCUT2D eigenvalue weighted by atomic mass is 10.1. The number of carbonyl (C=O) groups excluding carboxylic acids is 1. The zero-order valence-electron chi connectivity index (χ0n) is 11.9. The van der Waals surface area contributed by atoms with Gasteiger partial charge in [-0.2, -0.15) is 4.98 Å². The molecule has 2 heterocycles. The van der Waals surface area contributed by atoms with Crippen LogP contribution in [0.2, 0.25) is 0 Å². The van der Waals surface area contributed by atoms with Crippen molar-refractivity contribution in [1.82, 2.24) is 24.9 Å². The number of aromatic nitrogens is 4. The number of amides is 1. The molecule has 2 aromatic rings. The summed E-state index contributed by atoms with van der Waals surface area (Å²) in [4.78, 5) is 30.5. The van der Waals surface area contributed by atoms with Crippen LogP contribution < -0.4 is 5.32 Å². The minimum absolute atomic E-state index is 0.0576. The third-order valence-electron chi connectivity index (χ3n) is 3.10. The Morgan fingerprint density at radius 1 is 1.48 bits per heavy atom. The molecule has 21 heavy (non-hydrogen) atoms. The van der Waals surface area contributed by atoms with E-state index in [0.29, 0.717) is 18.7 Å². The zero-order valence-corrected chi connectivity index (χ0v) is 11.9. The van der Waals surface area contributed by atoms with Gasteiger partial charge in [-0.1, -0.05) is 6.92 Å².